The maximum Gasteiger partial charge on any atom is 0.120 e. The average molecular weight is 283 g/mol. The smallest absolute Gasteiger partial charge is 0.120 e. The Morgan fingerprint density at radius 2 is 1.71 bits per heavy atom. The third-order valence-corrected chi connectivity index (χ3v) is 3.90. The second kappa shape index (κ2) is 7.28. The highest BCUT2D eigenvalue weighted by Gasteiger charge is 2.06. The molecule has 0 amide bonds. The molecule has 0 saturated heterocycles. The topological polar surface area (TPSA) is 21.3 Å². The minimum atomic E-state index is 0.346. The second-order valence-corrected chi connectivity index (χ2v) is 5.51. The van der Waals surface area contributed by atoms with Crippen molar-refractivity contribution in [2.75, 3.05) is 6.54 Å². The Morgan fingerprint density at radius 1 is 1.05 bits per heavy atom. The van der Waals surface area contributed by atoms with Crippen LogP contribution < -0.4 is 10.1 Å². The van der Waals surface area contributed by atoms with Crippen LogP contribution in [0.15, 0.2) is 42.5 Å². The fraction of sp³-hybridized carbons (Fsp3) is 0.368. The predicted molar refractivity (Wildman–Crippen MR) is 88.8 cm³/mol. The van der Waals surface area contributed by atoms with E-state index in [1.165, 1.54) is 22.3 Å². The number of ether oxygens (including phenoxy) is 1. The summed E-state index contributed by atoms with van der Waals surface area (Å²) in [6.07, 6.45) is 0. The lowest BCUT2D eigenvalue weighted by atomic mass is 10.0. The van der Waals surface area contributed by atoms with E-state index < -0.39 is 0 Å². The highest BCUT2D eigenvalue weighted by molar-refractivity contribution is 5.34. The molecule has 0 bridgehead atoms. The molecule has 0 radical (unpaired) electrons. The quantitative estimate of drug-likeness (QED) is 0.839. The van der Waals surface area contributed by atoms with Gasteiger partial charge in [-0.1, -0.05) is 37.3 Å². The Kier molecular flexibility index (Phi) is 5.40. The molecule has 21 heavy (non-hydrogen) atoms. The number of rotatable bonds is 6. The fourth-order valence-electron chi connectivity index (χ4n) is 2.53. The van der Waals surface area contributed by atoms with Crippen LogP contribution >= 0.6 is 0 Å². The lowest BCUT2D eigenvalue weighted by molar-refractivity contribution is 0.304. The zero-order valence-electron chi connectivity index (χ0n) is 13.4. The lowest BCUT2D eigenvalue weighted by Crippen LogP contribution is -2.17. The molecule has 1 N–H and O–H groups in total. The molecule has 1 atom stereocenters. The predicted octanol–water partition coefficient (Wildman–Crippen LogP) is 4.55. The Hall–Kier alpha value is -1.80. The zero-order valence-corrected chi connectivity index (χ0v) is 13.4. The molecule has 0 saturated carbocycles. The summed E-state index contributed by atoms with van der Waals surface area (Å²) in [5.74, 6) is 0.930. The first kappa shape index (κ1) is 15.6. The molecule has 0 aliphatic carbocycles. The van der Waals surface area contributed by atoms with Gasteiger partial charge in [-0.15, -0.1) is 0 Å². The van der Waals surface area contributed by atoms with Crippen molar-refractivity contribution in [3.05, 3.63) is 64.7 Å². The van der Waals surface area contributed by atoms with E-state index in [0.717, 1.165) is 12.3 Å². The van der Waals surface area contributed by atoms with Crippen molar-refractivity contribution in [3.8, 4) is 5.75 Å². The molecule has 2 rings (SSSR count). The van der Waals surface area contributed by atoms with Crippen LogP contribution in [0, 0.1) is 13.8 Å². The van der Waals surface area contributed by atoms with Crippen LogP contribution in [0.4, 0.5) is 0 Å². The monoisotopic (exact) mass is 283 g/mol. The van der Waals surface area contributed by atoms with Crippen molar-refractivity contribution in [3.63, 3.8) is 0 Å². The number of benzene rings is 2. The maximum absolute atomic E-state index is 5.99. The van der Waals surface area contributed by atoms with Crippen LogP contribution in [0.2, 0.25) is 0 Å². The fourth-order valence-corrected chi connectivity index (χ4v) is 2.53. The van der Waals surface area contributed by atoms with Crippen molar-refractivity contribution < 1.29 is 4.74 Å². The highest BCUT2D eigenvalue weighted by Crippen LogP contribution is 2.21. The Morgan fingerprint density at radius 3 is 2.38 bits per heavy atom. The summed E-state index contributed by atoms with van der Waals surface area (Å²) in [7, 11) is 0. The van der Waals surface area contributed by atoms with Gasteiger partial charge >= 0.3 is 0 Å². The summed E-state index contributed by atoms with van der Waals surface area (Å²) < 4.78 is 5.99. The van der Waals surface area contributed by atoms with E-state index in [-0.39, 0.29) is 0 Å². The van der Waals surface area contributed by atoms with Crippen molar-refractivity contribution in [1.29, 1.82) is 0 Å². The summed E-state index contributed by atoms with van der Waals surface area (Å²) in [4.78, 5) is 0. The SMILES string of the molecule is CCNC(C)c1cccc(OCc2c(C)cccc2C)c1. The first-order valence-corrected chi connectivity index (χ1v) is 7.63. The van der Waals surface area contributed by atoms with Crippen LogP contribution in [0.5, 0.6) is 5.75 Å². The van der Waals surface area contributed by atoms with Gasteiger partial charge in [-0.2, -0.15) is 0 Å². The molecule has 0 aliphatic heterocycles. The zero-order chi connectivity index (χ0) is 15.2. The number of hydrogen-bond acceptors (Lipinski definition) is 2. The van der Waals surface area contributed by atoms with E-state index in [9.17, 15) is 0 Å². The molecular formula is C19H25NO. The molecule has 0 heterocycles. The molecule has 2 heteroatoms. The Balaban J connectivity index is 2.08. The van der Waals surface area contributed by atoms with Crippen molar-refractivity contribution in [1.82, 2.24) is 5.32 Å². The maximum atomic E-state index is 5.99. The largest absolute Gasteiger partial charge is 0.489 e. The van der Waals surface area contributed by atoms with E-state index in [1.54, 1.807) is 0 Å². The third-order valence-electron chi connectivity index (χ3n) is 3.90. The first-order chi connectivity index (χ1) is 10.1. The summed E-state index contributed by atoms with van der Waals surface area (Å²) in [5.41, 5.74) is 5.11. The van der Waals surface area contributed by atoms with Crippen LogP contribution in [0.25, 0.3) is 0 Å². The standard InChI is InChI=1S/C19H25NO/c1-5-20-16(4)17-10-7-11-18(12-17)21-13-19-14(2)8-6-9-15(19)3/h6-12,16,20H,5,13H2,1-4H3. The van der Waals surface area contributed by atoms with Gasteiger partial charge < -0.3 is 10.1 Å². The summed E-state index contributed by atoms with van der Waals surface area (Å²) in [6, 6.07) is 15.1. The van der Waals surface area contributed by atoms with Gasteiger partial charge in [0.1, 0.15) is 12.4 Å². The summed E-state index contributed by atoms with van der Waals surface area (Å²) >= 11 is 0. The summed E-state index contributed by atoms with van der Waals surface area (Å²) in [5, 5.41) is 3.43. The van der Waals surface area contributed by atoms with Crippen molar-refractivity contribution in [2.45, 2.75) is 40.3 Å². The van der Waals surface area contributed by atoms with Gasteiger partial charge in [-0.25, -0.2) is 0 Å². The Labute approximate surface area is 128 Å². The summed E-state index contributed by atoms with van der Waals surface area (Å²) in [6.45, 7) is 10.2. The molecule has 112 valence electrons. The minimum Gasteiger partial charge on any atom is -0.489 e. The number of hydrogen-bond donors (Lipinski definition) is 1. The van der Waals surface area contributed by atoms with Gasteiger partial charge in [0.05, 0.1) is 0 Å². The second-order valence-electron chi connectivity index (χ2n) is 5.51. The van der Waals surface area contributed by atoms with Gasteiger partial charge in [0.15, 0.2) is 0 Å². The van der Waals surface area contributed by atoms with Gasteiger partial charge in [0.2, 0.25) is 0 Å². The highest BCUT2D eigenvalue weighted by atomic mass is 16.5. The molecular weight excluding hydrogens is 258 g/mol. The molecule has 2 aromatic carbocycles. The average Bonchev–Trinajstić information content (AvgIpc) is 2.47. The van der Waals surface area contributed by atoms with Crippen LogP contribution in [0.3, 0.4) is 0 Å². The molecule has 1 unspecified atom stereocenters. The van der Waals surface area contributed by atoms with Gasteiger partial charge in [0, 0.05) is 6.04 Å². The number of aryl methyl sites for hydroxylation is 2. The van der Waals surface area contributed by atoms with Crippen LogP contribution in [-0.2, 0) is 6.61 Å². The van der Waals surface area contributed by atoms with E-state index in [0.29, 0.717) is 12.6 Å². The lowest BCUT2D eigenvalue weighted by Gasteiger charge is -2.15. The van der Waals surface area contributed by atoms with Crippen molar-refractivity contribution >= 4 is 0 Å². The third kappa shape index (κ3) is 4.08. The Bertz CT molecular complexity index is 572. The molecule has 0 aliphatic rings. The number of nitrogens with one attached hydrogen (secondary N) is 1. The van der Waals surface area contributed by atoms with Gasteiger partial charge in [-0.05, 0) is 61.7 Å². The van der Waals surface area contributed by atoms with Gasteiger partial charge in [0.25, 0.3) is 0 Å². The van der Waals surface area contributed by atoms with Crippen LogP contribution in [0.1, 0.15) is 42.1 Å². The molecule has 0 aromatic heterocycles. The van der Waals surface area contributed by atoms with E-state index >= 15 is 0 Å². The molecule has 0 fully saturated rings. The van der Waals surface area contributed by atoms with E-state index in [4.69, 9.17) is 4.74 Å². The molecule has 0 spiro atoms. The minimum absolute atomic E-state index is 0.346. The van der Waals surface area contributed by atoms with E-state index in [1.807, 2.05) is 6.07 Å². The van der Waals surface area contributed by atoms with E-state index in [2.05, 4.69) is 69.4 Å². The van der Waals surface area contributed by atoms with Crippen LogP contribution in [-0.4, -0.2) is 6.54 Å². The van der Waals surface area contributed by atoms with Gasteiger partial charge in [-0.3, -0.25) is 0 Å². The molecule has 2 aromatic rings. The first-order valence-electron chi connectivity index (χ1n) is 7.63. The molecule has 2 nitrogen and oxygen atoms in total. The normalized spacial score (nSPS) is 12.2. The van der Waals surface area contributed by atoms with Crippen molar-refractivity contribution in [2.24, 2.45) is 0 Å².